The van der Waals surface area contributed by atoms with Crippen molar-refractivity contribution in [3.8, 4) is 5.75 Å². The molecule has 3 aromatic rings. The first kappa shape index (κ1) is 21.8. The Morgan fingerprint density at radius 1 is 1.17 bits per heavy atom. The van der Waals surface area contributed by atoms with Crippen LogP contribution in [-0.2, 0) is 0 Å². The van der Waals surface area contributed by atoms with E-state index in [0.29, 0.717) is 17.8 Å². The van der Waals surface area contributed by atoms with Crippen LogP contribution < -0.4 is 4.74 Å². The number of carboxylic acids is 1. The number of aromatic nitrogens is 1. The molecule has 1 unspecified atom stereocenters. The van der Waals surface area contributed by atoms with Crippen molar-refractivity contribution in [2.45, 2.75) is 9.74 Å². The van der Waals surface area contributed by atoms with Gasteiger partial charge in [0.2, 0.25) is 0 Å². The zero-order valence-electron chi connectivity index (χ0n) is 14.7. The summed E-state index contributed by atoms with van der Waals surface area (Å²) in [6.45, 7) is -1.11. The van der Waals surface area contributed by atoms with Gasteiger partial charge in [-0.15, -0.1) is 11.6 Å². The first-order valence-electron chi connectivity index (χ1n) is 8.13. The van der Waals surface area contributed by atoms with E-state index in [1.807, 2.05) is 0 Å². The van der Waals surface area contributed by atoms with Crippen LogP contribution in [-0.4, -0.2) is 33.4 Å². The Bertz CT molecular complexity index is 1150. The van der Waals surface area contributed by atoms with E-state index in [9.17, 15) is 32.3 Å². The number of aromatic carboxylic acids is 1. The van der Waals surface area contributed by atoms with Gasteiger partial charge in [0.1, 0.15) is 27.5 Å². The number of fused-ring (bicyclic) bond motifs is 1. The summed E-state index contributed by atoms with van der Waals surface area (Å²) in [7, 11) is 0. The van der Waals surface area contributed by atoms with Gasteiger partial charge in [0.15, 0.2) is 23.2 Å². The predicted octanol–water partition coefficient (Wildman–Crippen LogP) is 5.20. The number of alkyl halides is 2. The molecule has 1 N–H and O–H groups in total. The summed E-state index contributed by atoms with van der Waals surface area (Å²) in [6.07, 6.45) is 0. The Kier molecular flexibility index (Phi) is 6.47. The van der Waals surface area contributed by atoms with Crippen LogP contribution >= 0.6 is 23.4 Å². The Labute approximate surface area is 175 Å². The van der Waals surface area contributed by atoms with E-state index in [-0.39, 0.29) is 5.56 Å². The highest BCUT2D eigenvalue weighted by molar-refractivity contribution is 8.01. The highest BCUT2D eigenvalue weighted by Gasteiger charge is 2.29. The number of pyridine rings is 1. The SMILES string of the molecule is O=C(Oc1c(C(=O)O)c(SC(Cl)CF)nc2c(F)c(F)c(F)cc12)c1ccccc1. The van der Waals surface area contributed by atoms with Crippen LogP contribution in [0.5, 0.6) is 5.75 Å². The number of carbonyl (C=O) groups is 2. The molecule has 156 valence electrons. The number of carbonyl (C=O) groups excluding carboxylic acids is 1. The maximum Gasteiger partial charge on any atom is 0.343 e. The maximum atomic E-state index is 14.3. The molecule has 0 fully saturated rings. The van der Waals surface area contributed by atoms with Gasteiger partial charge in [-0.3, -0.25) is 0 Å². The van der Waals surface area contributed by atoms with Crippen LogP contribution in [0.3, 0.4) is 0 Å². The van der Waals surface area contributed by atoms with Crippen LogP contribution in [0.2, 0.25) is 0 Å². The van der Waals surface area contributed by atoms with Gasteiger partial charge < -0.3 is 9.84 Å². The number of esters is 1. The summed E-state index contributed by atoms with van der Waals surface area (Å²) >= 11 is 6.09. The van der Waals surface area contributed by atoms with E-state index in [2.05, 4.69) is 4.98 Å². The van der Waals surface area contributed by atoms with Gasteiger partial charge in [-0.25, -0.2) is 32.1 Å². The molecule has 1 aromatic heterocycles. The largest absolute Gasteiger partial charge is 0.477 e. The highest BCUT2D eigenvalue weighted by atomic mass is 35.5. The molecule has 0 spiro atoms. The second kappa shape index (κ2) is 8.88. The second-order valence-electron chi connectivity index (χ2n) is 5.75. The van der Waals surface area contributed by atoms with Crippen molar-refractivity contribution in [2.24, 2.45) is 0 Å². The quantitative estimate of drug-likeness (QED) is 0.180. The number of carboxylic acid groups (broad SMARTS) is 1. The number of hydrogen-bond acceptors (Lipinski definition) is 5. The van der Waals surface area contributed by atoms with Crippen LogP contribution in [0.4, 0.5) is 17.6 Å². The molecule has 1 atom stereocenters. The first-order chi connectivity index (χ1) is 14.2. The average molecular weight is 460 g/mol. The normalized spacial score (nSPS) is 12.0. The van der Waals surface area contributed by atoms with E-state index < -0.39 is 68.0 Å². The van der Waals surface area contributed by atoms with Crippen LogP contribution in [0, 0.1) is 17.5 Å². The van der Waals surface area contributed by atoms with Crippen molar-refractivity contribution in [3.05, 3.63) is 65.0 Å². The molecule has 0 aliphatic rings. The van der Waals surface area contributed by atoms with Crippen LogP contribution in [0.15, 0.2) is 41.4 Å². The molecule has 11 heteroatoms. The molecule has 0 amide bonds. The monoisotopic (exact) mass is 459 g/mol. The van der Waals surface area contributed by atoms with E-state index >= 15 is 0 Å². The van der Waals surface area contributed by atoms with E-state index in [1.54, 1.807) is 6.07 Å². The van der Waals surface area contributed by atoms with Gasteiger partial charge in [-0.2, -0.15) is 0 Å². The lowest BCUT2D eigenvalue weighted by Crippen LogP contribution is -2.15. The topological polar surface area (TPSA) is 76.5 Å². The molecule has 3 rings (SSSR count). The number of benzene rings is 2. The minimum absolute atomic E-state index is 0.00929. The Morgan fingerprint density at radius 2 is 1.83 bits per heavy atom. The number of nitrogens with zero attached hydrogens (tertiary/aromatic N) is 1. The Morgan fingerprint density at radius 3 is 2.43 bits per heavy atom. The van der Waals surface area contributed by atoms with Gasteiger partial charge in [0, 0.05) is 0 Å². The van der Waals surface area contributed by atoms with E-state index in [4.69, 9.17) is 16.3 Å². The summed E-state index contributed by atoms with van der Waals surface area (Å²) in [5.41, 5.74) is -1.57. The molecule has 0 aliphatic heterocycles. The van der Waals surface area contributed by atoms with Crippen molar-refractivity contribution in [1.82, 2.24) is 4.98 Å². The second-order valence-corrected chi connectivity index (χ2v) is 7.72. The number of halogens is 5. The molecule has 0 saturated carbocycles. The average Bonchev–Trinajstić information content (AvgIpc) is 2.73. The fourth-order valence-corrected chi connectivity index (χ4v) is 3.52. The zero-order valence-corrected chi connectivity index (χ0v) is 16.2. The Balaban J connectivity index is 2.31. The summed E-state index contributed by atoms with van der Waals surface area (Å²) in [5.74, 6) is -8.73. The lowest BCUT2D eigenvalue weighted by Gasteiger charge is -2.16. The molecule has 0 bridgehead atoms. The molecular formula is C19H10ClF4NO4S. The molecular weight excluding hydrogens is 450 g/mol. The fraction of sp³-hybridized carbons (Fsp3) is 0.105. The van der Waals surface area contributed by atoms with Crippen molar-refractivity contribution < 1.29 is 37.0 Å². The number of thioether (sulfide) groups is 1. The van der Waals surface area contributed by atoms with Gasteiger partial charge in [-0.05, 0) is 18.2 Å². The summed E-state index contributed by atoms with van der Waals surface area (Å²) in [6, 6.07) is 7.81. The molecule has 0 radical (unpaired) electrons. The molecule has 1 heterocycles. The van der Waals surface area contributed by atoms with E-state index in [0.717, 1.165) is 0 Å². The first-order valence-corrected chi connectivity index (χ1v) is 9.44. The minimum Gasteiger partial charge on any atom is -0.477 e. The van der Waals surface area contributed by atoms with Crippen molar-refractivity contribution in [2.75, 3.05) is 6.67 Å². The molecule has 0 aliphatic carbocycles. The Hall–Kier alpha value is -2.85. The lowest BCUT2D eigenvalue weighted by molar-refractivity contribution is 0.0677. The van der Waals surface area contributed by atoms with Crippen LogP contribution in [0.25, 0.3) is 10.9 Å². The summed E-state index contributed by atoms with van der Waals surface area (Å²) < 4.78 is 58.6. The van der Waals surface area contributed by atoms with Crippen molar-refractivity contribution in [1.29, 1.82) is 0 Å². The van der Waals surface area contributed by atoms with Gasteiger partial charge >= 0.3 is 11.9 Å². The predicted molar refractivity (Wildman–Crippen MR) is 101 cm³/mol. The van der Waals surface area contributed by atoms with Gasteiger partial charge in [-0.1, -0.05) is 30.0 Å². The molecule has 0 saturated heterocycles. The van der Waals surface area contributed by atoms with Gasteiger partial charge in [0.25, 0.3) is 0 Å². The standard InChI is InChI=1S/C19H10ClF4NO4S/c20-11(7-21)30-17-12(18(26)27)16(29-19(28)8-4-2-1-3-5-8)9-6-10(22)13(23)14(24)15(9)25-17/h1-6,11H,7H2,(H,26,27). The summed E-state index contributed by atoms with van der Waals surface area (Å²) in [4.78, 5) is 28.0. The molecule has 5 nitrogen and oxygen atoms in total. The van der Waals surface area contributed by atoms with Gasteiger partial charge in [0.05, 0.1) is 10.9 Å². The molecule has 2 aromatic carbocycles. The third-order valence-electron chi connectivity index (χ3n) is 3.81. The van der Waals surface area contributed by atoms with Crippen molar-refractivity contribution in [3.63, 3.8) is 0 Å². The number of hydrogen-bond donors (Lipinski definition) is 1. The smallest absolute Gasteiger partial charge is 0.343 e. The fourth-order valence-electron chi connectivity index (χ4n) is 2.52. The third kappa shape index (κ3) is 4.19. The van der Waals surface area contributed by atoms with Crippen molar-refractivity contribution >= 4 is 46.2 Å². The van der Waals surface area contributed by atoms with E-state index in [1.165, 1.54) is 24.3 Å². The van der Waals surface area contributed by atoms with Crippen LogP contribution in [0.1, 0.15) is 20.7 Å². The molecule has 30 heavy (non-hydrogen) atoms. The number of rotatable bonds is 6. The third-order valence-corrected chi connectivity index (χ3v) is 5.10. The maximum absolute atomic E-state index is 14.3. The minimum atomic E-state index is -1.86. The summed E-state index contributed by atoms with van der Waals surface area (Å²) in [5, 5.41) is 8.50. The number of ether oxygens (including phenoxy) is 1. The highest BCUT2D eigenvalue weighted by Crippen LogP contribution is 2.39. The zero-order chi connectivity index (χ0) is 22.0. The lowest BCUT2D eigenvalue weighted by atomic mass is 10.1.